The van der Waals surface area contributed by atoms with Gasteiger partial charge in [0.15, 0.2) is 5.96 Å². The molecular formula is C16H27N5O2S. The van der Waals surface area contributed by atoms with Crippen molar-refractivity contribution in [3.63, 3.8) is 0 Å². The number of carbonyl (C=O) groups is 1. The number of likely N-dealkylation sites (tertiary alicyclic amines) is 1. The van der Waals surface area contributed by atoms with Gasteiger partial charge in [0.05, 0.1) is 23.9 Å². The largest absolute Gasteiger partial charge is 0.450 e. The predicted molar refractivity (Wildman–Crippen MR) is 96.5 cm³/mol. The Hall–Kier alpha value is -1.83. The molecule has 7 nitrogen and oxygen atoms in total. The van der Waals surface area contributed by atoms with E-state index in [1.807, 2.05) is 20.8 Å². The van der Waals surface area contributed by atoms with Crippen LogP contribution in [-0.2, 0) is 11.3 Å². The Morgan fingerprint density at radius 1 is 1.42 bits per heavy atom. The van der Waals surface area contributed by atoms with Crippen LogP contribution < -0.4 is 10.6 Å². The number of thiazole rings is 1. The summed E-state index contributed by atoms with van der Waals surface area (Å²) in [4.78, 5) is 23.4. The van der Waals surface area contributed by atoms with E-state index in [9.17, 15) is 4.79 Å². The molecule has 1 amide bonds. The Bertz CT molecular complexity index is 579. The lowest BCUT2D eigenvalue weighted by Crippen LogP contribution is -2.49. The number of nitrogens with zero attached hydrogens (tertiary/aromatic N) is 3. The number of rotatable bonds is 4. The first-order valence-electron chi connectivity index (χ1n) is 8.35. The van der Waals surface area contributed by atoms with Gasteiger partial charge in [-0.25, -0.2) is 9.78 Å². The lowest BCUT2D eigenvalue weighted by atomic mass is 10.1. The summed E-state index contributed by atoms with van der Waals surface area (Å²) in [5.41, 5.74) is 1.07. The highest BCUT2D eigenvalue weighted by molar-refractivity contribution is 7.11. The normalized spacial score (nSPS) is 16.2. The number of carbonyl (C=O) groups excluding carboxylic acids is 1. The van der Waals surface area contributed by atoms with Gasteiger partial charge in [0, 0.05) is 31.1 Å². The second-order valence-electron chi connectivity index (χ2n) is 5.77. The summed E-state index contributed by atoms with van der Waals surface area (Å²) in [6.45, 7) is 8.44. The zero-order chi connectivity index (χ0) is 17.5. The van der Waals surface area contributed by atoms with Crippen LogP contribution in [0.15, 0.2) is 4.99 Å². The summed E-state index contributed by atoms with van der Waals surface area (Å²) in [7, 11) is 1.77. The third-order valence-corrected chi connectivity index (χ3v) is 5.07. The van der Waals surface area contributed by atoms with Crippen molar-refractivity contribution in [2.45, 2.75) is 46.2 Å². The van der Waals surface area contributed by atoms with Crippen LogP contribution >= 0.6 is 11.3 Å². The number of aliphatic imine (C=N–C) groups is 1. The second-order valence-corrected chi connectivity index (χ2v) is 7.06. The zero-order valence-corrected chi connectivity index (χ0v) is 15.7. The number of nitrogens with one attached hydrogen (secondary N) is 2. The van der Waals surface area contributed by atoms with Crippen LogP contribution in [0.25, 0.3) is 0 Å². The molecule has 134 valence electrons. The summed E-state index contributed by atoms with van der Waals surface area (Å²) < 4.78 is 5.05. The number of aromatic nitrogens is 1. The summed E-state index contributed by atoms with van der Waals surface area (Å²) in [5.74, 6) is 0.787. The molecule has 2 N–H and O–H groups in total. The van der Waals surface area contributed by atoms with E-state index in [0.717, 1.165) is 36.0 Å². The van der Waals surface area contributed by atoms with E-state index in [0.29, 0.717) is 25.7 Å². The maximum Gasteiger partial charge on any atom is 0.409 e. The smallest absolute Gasteiger partial charge is 0.409 e. The number of hydrogen-bond donors (Lipinski definition) is 2. The Morgan fingerprint density at radius 2 is 2.12 bits per heavy atom. The van der Waals surface area contributed by atoms with Crippen LogP contribution in [0.2, 0.25) is 0 Å². The third-order valence-electron chi connectivity index (χ3n) is 4.00. The SMILES string of the molecule is CCOC(=O)N1CCC(NC(=NC)NCc2sc(C)nc2C)CC1. The van der Waals surface area contributed by atoms with Gasteiger partial charge in [-0.3, -0.25) is 4.99 Å². The molecular weight excluding hydrogens is 326 g/mol. The molecule has 0 aliphatic carbocycles. The Labute approximate surface area is 147 Å². The highest BCUT2D eigenvalue weighted by Crippen LogP contribution is 2.16. The molecule has 1 aliphatic heterocycles. The molecule has 24 heavy (non-hydrogen) atoms. The fourth-order valence-electron chi connectivity index (χ4n) is 2.71. The van der Waals surface area contributed by atoms with Crippen LogP contribution in [0.1, 0.15) is 35.3 Å². The van der Waals surface area contributed by atoms with Gasteiger partial charge in [-0.15, -0.1) is 11.3 Å². The molecule has 8 heteroatoms. The van der Waals surface area contributed by atoms with E-state index in [-0.39, 0.29) is 6.09 Å². The Morgan fingerprint density at radius 3 is 2.67 bits per heavy atom. The van der Waals surface area contributed by atoms with E-state index < -0.39 is 0 Å². The van der Waals surface area contributed by atoms with Gasteiger partial charge in [0.25, 0.3) is 0 Å². The molecule has 0 spiro atoms. The molecule has 0 atom stereocenters. The van der Waals surface area contributed by atoms with Crippen molar-refractivity contribution in [3.8, 4) is 0 Å². The molecule has 1 aromatic rings. The maximum atomic E-state index is 11.7. The molecule has 2 heterocycles. The third kappa shape index (κ3) is 5.09. The van der Waals surface area contributed by atoms with Crippen molar-refractivity contribution >= 4 is 23.4 Å². The highest BCUT2D eigenvalue weighted by Gasteiger charge is 2.24. The van der Waals surface area contributed by atoms with Crippen LogP contribution in [0.5, 0.6) is 0 Å². The molecule has 0 radical (unpaired) electrons. The number of amides is 1. The van der Waals surface area contributed by atoms with E-state index in [1.165, 1.54) is 4.88 Å². The lowest BCUT2D eigenvalue weighted by Gasteiger charge is -2.32. The first-order chi connectivity index (χ1) is 11.5. The van der Waals surface area contributed by atoms with Crippen LogP contribution in [0.4, 0.5) is 4.79 Å². The lowest BCUT2D eigenvalue weighted by molar-refractivity contribution is 0.0963. The highest BCUT2D eigenvalue weighted by atomic mass is 32.1. The minimum atomic E-state index is -0.213. The van der Waals surface area contributed by atoms with Crippen LogP contribution in [0, 0.1) is 13.8 Å². The fourth-order valence-corrected chi connectivity index (χ4v) is 3.59. The van der Waals surface area contributed by atoms with E-state index in [2.05, 4.69) is 20.6 Å². The number of piperidine rings is 1. The van der Waals surface area contributed by atoms with Crippen molar-refractivity contribution in [3.05, 3.63) is 15.6 Å². The summed E-state index contributed by atoms with van der Waals surface area (Å²) in [6, 6.07) is 0.311. The second kappa shape index (κ2) is 8.86. The first kappa shape index (κ1) is 18.5. The van der Waals surface area contributed by atoms with Gasteiger partial charge >= 0.3 is 6.09 Å². The van der Waals surface area contributed by atoms with Gasteiger partial charge < -0.3 is 20.3 Å². The number of hydrogen-bond acceptors (Lipinski definition) is 5. The molecule has 0 aromatic carbocycles. The van der Waals surface area contributed by atoms with E-state index >= 15 is 0 Å². The van der Waals surface area contributed by atoms with Gasteiger partial charge in [0.2, 0.25) is 0 Å². The number of aryl methyl sites for hydroxylation is 2. The topological polar surface area (TPSA) is 78.8 Å². The van der Waals surface area contributed by atoms with Crippen molar-refractivity contribution in [2.24, 2.45) is 4.99 Å². The standard InChI is InChI=1S/C16H27N5O2S/c1-5-23-16(22)21-8-6-13(7-9-21)20-15(17-4)18-10-14-11(2)19-12(3)24-14/h13H,5-10H2,1-4H3,(H2,17,18,20). The van der Waals surface area contributed by atoms with Gasteiger partial charge in [-0.2, -0.15) is 0 Å². The summed E-state index contributed by atoms with van der Waals surface area (Å²) >= 11 is 1.71. The number of ether oxygens (including phenoxy) is 1. The average molecular weight is 353 g/mol. The fraction of sp³-hybridized carbons (Fsp3) is 0.688. The summed E-state index contributed by atoms with van der Waals surface area (Å²) in [6.07, 6.45) is 1.56. The molecule has 1 saturated heterocycles. The van der Waals surface area contributed by atoms with Crippen molar-refractivity contribution in [1.29, 1.82) is 0 Å². The molecule has 1 aliphatic rings. The summed E-state index contributed by atoms with van der Waals surface area (Å²) in [5, 5.41) is 7.87. The molecule has 0 unspecified atom stereocenters. The minimum absolute atomic E-state index is 0.213. The maximum absolute atomic E-state index is 11.7. The van der Waals surface area contributed by atoms with Gasteiger partial charge in [-0.1, -0.05) is 0 Å². The van der Waals surface area contributed by atoms with Crippen molar-refractivity contribution < 1.29 is 9.53 Å². The molecule has 0 saturated carbocycles. The van der Waals surface area contributed by atoms with Crippen LogP contribution in [-0.4, -0.2) is 54.7 Å². The molecule has 1 fully saturated rings. The van der Waals surface area contributed by atoms with Gasteiger partial charge in [0.1, 0.15) is 0 Å². The van der Waals surface area contributed by atoms with E-state index in [1.54, 1.807) is 23.3 Å². The molecule has 1 aromatic heterocycles. The van der Waals surface area contributed by atoms with Crippen LogP contribution in [0.3, 0.4) is 0 Å². The predicted octanol–water partition coefficient (Wildman–Crippen LogP) is 2.05. The molecule has 0 bridgehead atoms. The monoisotopic (exact) mass is 353 g/mol. The molecule has 2 rings (SSSR count). The van der Waals surface area contributed by atoms with Crippen molar-refractivity contribution in [2.75, 3.05) is 26.7 Å². The first-order valence-corrected chi connectivity index (χ1v) is 9.17. The quantitative estimate of drug-likeness (QED) is 0.640. The average Bonchev–Trinajstić information content (AvgIpc) is 2.89. The van der Waals surface area contributed by atoms with Gasteiger partial charge in [-0.05, 0) is 33.6 Å². The minimum Gasteiger partial charge on any atom is -0.450 e. The Balaban J connectivity index is 1.78. The number of guanidine groups is 1. The Kier molecular flexibility index (Phi) is 6.84. The van der Waals surface area contributed by atoms with Crippen molar-refractivity contribution in [1.82, 2.24) is 20.5 Å². The zero-order valence-electron chi connectivity index (χ0n) is 14.9. The van der Waals surface area contributed by atoms with E-state index in [4.69, 9.17) is 4.74 Å².